The normalized spacial score (nSPS) is 11.1. The van der Waals surface area contributed by atoms with E-state index in [4.69, 9.17) is 4.74 Å². The second kappa shape index (κ2) is 8.53. The summed E-state index contributed by atoms with van der Waals surface area (Å²) in [6, 6.07) is 15.3. The number of benzene rings is 2. The molecule has 7 heteroatoms. The lowest BCUT2D eigenvalue weighted by atomic mass is 10.0. The van der Waals surface area contributed by atoms with E-state index in [1.54, 1.807) is 4.52 Å². The second-order valence-corrected chi connectivity index (χ2v) is 7.83. The molecule has 6 nitrogen and oxygen atoms in total. The third-order valence-electron chi connectivity index (χ3n) is 4.66. The Bertz CT molecular complexity index is 1110. The number of hydrogen-bond donors (Lipinski definition) is 0. The zero-order chi connectivity index (χ0) is 20.2. The summed E-state index contributed by atoms with van der Waals surface area (Å²) in [7, 11) is 0. The van der Waals surface area contributed by atoms with Crippen LogP contribution in [0.4, 0.5) is 0 Å². The van der Waals surface area contributed by atoms with Crippen LogP contribution >= 0.6 is 11.3 Å². The highest BCUT2D eigenvalue weighted by molar-refractivity contribution is 7.19. The number of unbranched alkanes of at least 4 members (excludes halogenated alkanes) is 1. The van der Waals surface area contributed by atoms with Crippen molar-refractivity contribution in [2.45, 2.75) is 33.1 Å². The summed E-state index contributed by atoms with van der Waals surface area (Å²) >= 11 is 1.50. The number of carbonyl (C=O) groups excluding carboxylic acids is 1. The molecule has 0 bridgehead atoms. The highest BCUT2D eigenvalue weighted by atomic mass is 32.1. The van der Waals surface area contributed by atoms with Crippen molar-refractivity contribution in [3.05, 3.63) is 65.5 Å². The third-order valence-corrected chi connectivity index (χ3v) is 5.60. The molecule has 0 N–H and O–H groups in total. The molecule has 4 rings (SSSR count). The van der Waals surface area contributed by atoms with E-state index >= 15 is 0 Å². The van der Waals surface area contributed by atoms with Gasteiger partial charge >= 0.3 is 0 Å². The summed E-state index contributed by atoms with van der Waals surface area (Å²) in [5.74, 6) is 1.67. The number of aryl methyl sites for hydroxylation is 1. The van der Waals surface area contributed by atoms with Gasteiger partial charge in [-0.2, -0.15) is 9.61 Å². The largest absolute Gasteiger partial charge is 0.494 e. The van der Waals surface area contributed by atoms with Gasteiger partial charge < -0.3 is 4.74 Å². The Morgan fingerprint density at radius 1 is 1.07 bits per heavy atom. The van der Waals surface area contributed by atoms with Gasteiger partial charge in [0.05, 0.1) is 6.61 Å². The van der Waals surface area contributed by atoms with Crippen molar-refractivity contribution in [2.75, 3.05) is 6.61 Å². The molecule has 29 heavy (non-hydrogen) atoms. The molecule has 0 aliphatic carbocycles. The van der Waals surface area contributed by atoms with Crippen molar-refractivity contribution >= 4 is 22.1 Å². The van der Waals surface area contributed by atoms with Gasteiger partial charge in [-0.3, -0.25) is 4.79 Å². The molecular weight excluding hydrogens is 384 g/mol. The van der Waals surface area contributed by atoms with Crippen molar-refractivity contribution in [3.8, 4) is 16.3 Å². The predicted molar refractivity (Wildman–Crippen MR) is 114 cm³/mol. The number of fused-ring (bicyclic) bond motifs is 1. The van der Waals surface area contributed by atoms with Crippen LogP contribution in [0.2, 0.25) is 0 Å². The Hall–Kier alpha value is -3.06. The fourth-order valence-corrected chi connectivity index (χ4v) is 3.85. The summed E-state index contributed by atoms with van der Waals surface area (Å²) in [6.45, 7) is 4.71. The maximum absolute atomic E-state index is 12.6. The summed E-state index contributed by atoms with van der Waals surface area (Å²) in [5.41, 5.74) is 2.67. The van der Waals surface area contributed by atoms with Crippen LogP contribution in [0.5, 0.6) is 5.75 Å². The minimum atomic E-state index is 0.0901. The van der Waals surface area contributed by atoms with Crippen LogP contribution in [0.15, 0.2) is 48.5 Å². The number of Topliss-reactive ketones (excluding diaryl/α,β-unsaturated/α-hetero) is 1. The van der Waals surface area contributed by atoms with Crippen molar-refractivity contribution in [3.63, 3.8) is 0 Å². The molecule has 0 aliphatic rings. The predicted octanol–water partition coefficient (Wildman–Crippen LogP) is 4.77. The zero-order valence-corrected chi connectivity index (χ0v) is 17.3. The third kappa shape index (κ3) is 4.35. The number of carbonyl (C=O) groups is 1. The minimum Gasteiger partial charge on any atom is -0.494 e. The summed E-state index contributed by atoms with van der Waals surface area (Å²) in [4.78, 5) is 13.4. The fraction of sp³-hybridized carbons (Fsp3) is 0.273. The molecule has 0 saturated carbocycles. The lowest BCUT2D eigenvalue weighted by Gasteiger charge is -2.06. The molecule has 0 atom stereocenters. The van der Waals surface area contributed by atoms with E-state index in [9.17, 15) is 4.79 Å². The van der Waals surface area contributed by atoms with Crippen molar-refractivity contribution in [1.82, 2.24) is 19.8 Å². The van der Waals surface area contributed by atoms with Crippen LogP contribution in [0.3, 0.4) is 0 Å². The van der Waals surface area contributed by atoms with Gasteiger partial charge in [0.1, 0.15) is 10.8 Å². The molecular formula is C22H22N4O2S. The average Bonchev–Trinajstić information content (AvgIpc) is 3.31. The number of ketones is 1. The van der Waals surface area contributed by atoms with E-state index in [2.05, 4.69) is 22.2 Å². The first-order valence-electron chi connectivity index (χ1n) is 9.68. The Morgan fingerprint density at radius 3 is 2.52 bits per heavy atom. The Labute approximate surface area is 173 Å². The number of ether oxygens (including phenoxy) is 1. The summed E-state index contributed by atoms with van der Waals surface area (Å²) in [6.07, 6.45) is 2.49. The average molecular weight is 407 g/mol. The first-order chi connectivity index (χ1) is 14.1. The van der Waals surface area contributed by atoms with Crippen molar-refractivity contribution < 1.29 is 9.53 Å². The van der Waals surface area contributed by atoms with Gasteiger partial charge in [-0.05, 0) is 43.2 Å². The van der Waals surface area contributed by atoms with E-state index in [0.717, 1.165) is 45.5 Å². The van der Waals surface area contributed by atoms with Crippen molar-refractivity contribution in [1.29, 1.82) is 0 Å². The van der Waals surface area contributed by atoms with Crippen LogP contribution in [-0.2, 0) is 6.42 Å². The fourth-order valence-electron chi connectivity index (χ4n) is 2.96. The lowest BCUT2D eigenvalue weighted by molar-refractivity contribution is 0.0993. The first-order valence-corrected chi connectivity index (χ1v) is 10.5. The topological polar surface area (TPSA) is 69.4 Å². The molecule has 0 unspecified atom stereocenters. The standard InChI is InChI=1S/C22H22N4O2S/c1-3-4-13-28-19-11-9-17(10-12-19)20(27)14-16-5-7-18(8-6-16)21-25-26-15(2)23-24-22(26)29-21/h5-12H,3-4,13-14H2,1-2H3. The monoisotopic (exact) mass is 406 g/mol. The molecule has 2 heterocycles. The molecule has 0 radical (unpaired) electrons. The molecule has 0 spiro atoms. The van der Waals surface area contributed by atoms with Gasteiger partial charge in [-0.15, -0.1) is 10.2 Å². The Kier molecular flexibility index (Phi) is 5.67. The highest BCUT2D eigenvalue weighted by Crippen LogP contribution is 2.26. The SMILES string of the molecule is CCCCOc1ccc(C(=O)Cc2ccc(-c3nn4c(C)nnc4s3)cc2)cc1. The quantitative estimate of drug-likeness (QED) is 0.311. The second-order valence-electron chi connectivity index (χ2n) is 6.87. The molecule has 0 saturated heterocycles. The number of nitrogens with zero attached hydrogens (tertiary/aromatic N) is 4. The maximum Gasteiger partial charge on any atom is 0.234 e. The number of rotatable bonds is 8. The van der Waals surface area contributed by atoms with E-state index in [0.29, 0.717) is 18.6 Å². The maximum atomic E-state index is 12.6. The van der Waals surface area contributed by atoms with Crippen LogP contribution in [0.1, 0.15) is 41.5 Å². The molecule has 0 aliphatic heterocycles. The smallest absolute Gasteiger partial charge is 0.234 e. The molecule has 2 aromatic carbocycles. The van der Waals surface area contributed by atoms with Gasteiger partial charge in [-0.1, -0.05) is 48.9 Å². The number of hydrogen-bond acceptors (Lipinski definition) is 6. The van der Waals surface area contributed by atoms with E-state index in [1.807, 2.05) is 55.5 Å². The van der Waals surface area contributed by atoms with Gasteiger partial charge in [0, 0.05) is 17.5 Å². The van der Waals surface area contributed by atoms with Crippen molar-refractivity contribution in [2.24, 2.45) is 0 Å². The summed E-state index contributed by atoms with van der Waals surface area (Å²) < 4.78 is 7.39. The van der Waals surface area contributed by atoms with E-state index < -0.39 is 0 Å². The minimum absolute atomic E-state index is 0.0901. The van der Waals surface area contributed by atoms with Crippen LogP contribution in [0.25, 0.3) is 15.5 Å². The van der Waals surface area contributed by atoms with Crippen LogP contribution in [0, 0.1) is 6.92 Å². The highest BCUT2D eigenvalue weighted by Gasteiger charge is 2.12. The van der Waals surface area contributed by atoms with E-state index in [1.165, 1.54) is 11.3 Å². The van der Waals surface area contributed by atoms with Gasteiger partial charge in [0.2, 0.25) is 4.96 Å². The van der Waals surface area contributed by atoms with Crippen LogP contribution < -0.4 is 4.74 Å². The van der Waals surface area contributed by atoms with Gasteiger partial charge in [0.15, 0.2) is 11.6 Å². The van der Waals surface area contributed by atoms with Gasteiger partial charge in [-0.25, -0.2) is 0 Å². The Balaban J connectivity index is 1.40. The molecule has 0 fully saturated rings. The van der Waals surface area contributed by atoms with Crippen LogP contribution in [-0.4, -0.2) is 32.2 Å². The molecule has 4 aromatic rings. The van der Waals surface area contributed by atoms with Gasteiger partial charge in [0.25, 0.3) is 0 Å². The molecule has 148 valence electrons. The zero-order valence-electron chi connectivity index (χ0n) is 16.5. The lowest BCUT2D eigenvalue weighted by Crippen LogP contribution is -2.04. The first kappa shape index (κ1) is 19.3. The number of aromatic nitrogens is 4. The Morgan fingerprint density at radius 2 is 1.83 bits per heavy atom. The summed E-state index contributed by atoms with van der Waals surface area (Å²) in [5, 5.41) is 13.5. The van der Waals surface area contributed by atoms with E-state index in [-0.39, 0.29) is 5.78 Å². The molecule has 0 amide bonds. The molecule has 2 aromatic heterocycles.